The van der Waals surface area contributed by atoms with Crippen molar-refractivity contribution in [2.75, 3.05) is 6.61 Å². The number of esters is 1. The maximum atomic E-state index is 10.8. The molecule has 1 aromatic rings. The van der Waals surface area contributed by atoms with E-state index in [1.165, 1.54) is 12.5 Å². The molecule has 0 N–H and O–H groups in total. The van der Waals surface area contributed by atoms with E-state index >= 15 is 0 Å². The highest BCUT2D eigenvalue weighted by molar-refractivity contribution is 5.65. The van der Waals surface area contributed by atoms with E-state index in [0.717, 1.165) is 12.8 Å². The van der Waals surface area contributed by atoms with Gasteiger partial charge in [-0.25, -0.2) is 0 Å². The van der Waals surface area contributed by atoms with Crippen molar-refractivity contribution in [1.82, 2.24) is 0 Å². The fourth-order valence-electron chi connectivity index (χ4n) is 2.90. The summed E-state index contributed by atoms with van der Waals surface area (Å²) in [5.74, 6) is 0.478. The monoisotopic (exact) mass is 300 g/mol. The topological polar surface area (TPSA) is 35.5 Å². The van der Waals surface area contributed by atoms with Gasteiger partial charge in [-0.05, 0) is 18.4 Å². The molecule has 0 unspecified atom stereocenters. The molecule has 22 heavy (non-hydrogen) atoms. The van der Waals surface area contributed by atoms with Gasteiger partial charge in [-0.1, -0.05) is 48.6 Å². The Labute approximate surface area is 132 Å². The van der Waals surface area contributed by atoms with E-state index in [9.17, 15) is 4.79 Å². The minimum Gasteiger partial charge on any atom is -0.462 e. The number of carbonyl (C=O) groups excluding carboxylic acids is 1. The summed E-state index contributed by atoms with van der Waals surface area (Å²) in [5, 5.41) is 0. The average molecular weight is 300 g/mol. The van der Waals surface area contributed by atoms with Gasteiger partial charge in [-0.15, -0.1) is 6.58 Å². The Morgan fingerprint density at radius 2 is 2.00 bits per heavy atom. The van der Waals surface area contributed by atoms with Crippen molar-refractivity contribution in [3.63, 3.8) is 0 Å². The summed E-state index contributed by atoms with van der Waals surface area (Å²) in [6.45, 7) is 6.29. The number of ether oxygens (including phenoxy) is 2. The SMILES string of the molecule is C=C[C@@H]1CC[C@H](/C=C/COC(C)=O)[C@@H]1OCc1ccccc1. The second-order valence-corrected chi connectivity index (χ2v) is 5.63. The molecule has 0 saturated heterocycles. The summed E-state index contributed by atoms with van der Waals surface area (Å²) < 4.78 is 11.1. The summed E-state index contributed by atoms with van der Waals surface area (Å²) in [6, 6.07) is 10.2. The molecule has 0 heterocycles. The standard InChI is InChI=1S/C19H24O3/c1-3-17-11-12-18(10-7-13-21-15(2)20)19(17)22-14-16-8-5-4-6-9-16/h3-10,17-19H,1,11-14H2,2H3/b10-7+/t17-,18+,19-/m1/s1. The fourth-order valence-corrected chi connectivity index (χ4v) is 2.90. The van der Waals surface area contributed by atoms with Crippen LogP contribution in [0.25, 0.3) is 0 Å². The third kappa shape index (κ3) is 4.85. The molecule has 1 aliphatic carbocycles. The van der Waals surface area contributed by atoms with Gasteiger partial charge in [0.05, 0.1) is 12.7 Å². The van der Waals surface area contributed by atoms with Gasteiger partial charge in [0, 0.05) is 18.8 Å². The molecule has 3 heteroatoms. The van der Waals surface area contributed by atoms with Crippen molar-refractivity contribution in [2.45, 2.75) is 32.5 Å². The maximum Gasteiger partial charge on any atom is 0.302 e. The fraction of sp³-hybridized carbons (Fsp3) is 0.421. The van der Waals surface area contributed by atoms with Crippen LogP contribution in [0, 0.1) is 11.8 Å². The molecule has 118 valence electrons. The second kappa shape index (κ2) is 8.54. The quantitative estimate of drug-likeness (QED) is 0.566. The second-order valence-electron chi connectivity index (χ2n) is 5.63. The smallest absolute Gasteiger partial charge is 0.302 e. The lowest BCUT2D eigenvalue weighted by atomic mass is 10.00. The Balaban J connectivity index is 1.91. The van der Waals surface area contributed by atoms with Crippen molar-refractivity contribution >= 4 is 5.97 Å². The van der Waals surface area contributed by atoms with Gasteiger partial charge in [0.1, 0.15) is 6.61 Å². The van der Waals surface area contributed by atoms with Crippen molar-refractivity contribution in [3.05, 3.63) is 60.7 Å². The predicted molar refractivity (Wildman–Crippen MR) is 87.2 cm³/mol. The molecule has 1 aliphatic rings. The predicted octanol–water partition coefficient (Wildman–Crippen LogP) is 3.90. The van der Waals surface area contributed by atoms with Crippen molar-refractivity contribution in [2.24, 2.45) is 11.8 Å². The van der Waals surface area contributed by atoms with E-state index in [4.69, 9.17) is 9.47 Å². The van der Waals surface area contributed by atoms with Crippen LogP contribution in [0.4, 0.5) is 0 Å². The van der Waals surface area contributed by atoms with E-state index < -0.39 is 0 Å². The van der Waals surface area contributed by atoms with Crippen molar-refractivity contribution < 1.29 is 14.3 Å². The molecule has 0 amide bonds. The molecule has 0 aromatic heterocycles. The lowest BCUT2D eigenvalue weighted by Crippen LogP contribution is -2.23. The molecule has 1 fully saturated rings. The molecule has 0 spiro atoms. The molecule has 1 aromatic carbocycles. The molecular formula is C19H24O3. The van der Waals surface area contributed by atoms with Crippen molar-refractivity contribution in [1.29, 1.82) is 0 Å². The minimum absolute atomic E-state index is 0.145. The summed E-state index contributed by atoms with van der Waals surface area (Å²) in [7, 11) is 0. The van der Waals surface area contributed by atoms with Gasteiger partial charge in [0.25, 0.3) is 0 Å². The largest absolute Gasteiger partial charge is 0.462 e. The summed E-state index contributed by atoms with van der Waals surface area (Å²) in [5.41, 5.74) is 1.18. The zero-order valence-electron chi connectivity index (χ0n) is 13.1. The van der Waals surface area contributed by atoms with E-state index in [-0.39, 0.29) is 12.1 Å². The maximum absolute atomic E-state index is 10.8. The third-order valence-corrected chi connectivity index (χ3v) is 4.03. The highest BCUT2D eigenvalue weighted by Crippen LogP contribution is 2.35. The third-order valence-electron chi connectivity index (χ3n) is 4.03. The van der Waals surface area contributed by atoms with Crippen LogP contribution in [0.15, 0.2) is 55.1 Å². The van der Waals surface area contributed by atoms with Crippen LogP contribution in [-0.4, -0.2) is 18.7 Å². The van der Waals surface area contributed by atoms with Crippen LogP contribution >= 0.6 is 0 Å². The average Bonchev–Trinajstić information content (AvgIpc) is 2.92. The Morgan fingerprint density at radius 1 is 1.27 bits per heavy atom. The van der Waals surface area contributed by atoms with Gasteiger partial charge < -0.3 is 9.47 Å². The van der Waals surface area contributed by atoms with Crippen LogP contribution in [0.5, 0.6) is 0 Å². The highest BCUT2D eigenvalue weighted by atomic mass is 16.5. The molecule has 0 aliphatic heterocycles. The molecule has 0 radical (unpaired) electrons. The van der Waals surface area contributed by atoms with Crippen LogP contribution in [-0.2, 0) is 20.9 Å². The van der Waals surface area contributed by atoms with E-state index in [2.05, 4.69) is 24.8 Å². The minimum atomic E-state index is -0.253. The van der Waals surface area contributed by atoms with Gasteiger partial charge in [0.15, 0.2) is 0 Å². The van der Waals surface area contributed by atoms with E-state index in [1.54, 1.807) is 0 Å². The first kappa shape index (κ1) is 16.5. The Bertz CT molecular complexity index is 507. The van der Waals surface area contributed by atoms with Crippen LogP contribution in [0.2, 0.25) is 0 Å². The first-order valence-corrected chi connectivity index (χ1v) is 7.79. The van der Waals surface area contributed by atoms with Crippen LogP contribution in [0.1, 0.15) is 25.3 Å². The van der Waals surface area contributed by atoms with Crippen molar-refractivity contribution in [3.8, 4) is 0 Å². The first-order chi connectivity index (χ1) is 10.7. The molecule has 2 rings (SSSR count). The normalized spacial score (nSPS) is 24.5. The lowest BCUT2D eigenvalue weighted by Gasteiger charge is -2.22. The number of carbonyl (C=O) groups is 1. The van der Waals surface area contributed by atoms with Gasteiger partial charge in [-0.2, -0.15) is 0 Å². The van der Waals surface area contributed by atoms with Gasteiger partial charge >= 0.3 is 5.97 Å². The molecule has 0 bridgehead atoms. The zero-order valence-corrected chi connectivity index (χ0v) is 13.1. The Morgan fingerprint density at radius 3 is 2.68 bits per heavy atom. The summed E-state index contributed by atoms with van der Waals surface area (Å²) in [6.07, 6.45) is 8.33. The lowest BCUT2D eigenvalue weighted by molar-refractivity contribution is -0.139. The molecule has 1 saturated carbocycles. The van der Waals surface area contributed by atoms with Crippen LogP contribution < -0.4 is 0 Å². The summed E-state index contributed by atoms with van der Waals surface area (Å²) >= 11 is 0. The molecule has 3 nitrogen and oxygen atoms in total. The first-order valence-electron chi connectivity index (χ1n) is 7.79. The number of rotatable bonds is 7. The van der Waals surface area contributed by atoms with Gasteiger partial charge in [-0.3, -0.25) is 4.79 Å². The summed E-state index contributed by atoms with van der Waals surface area (Å²) in [4.78, 5) is 10.8. The number of hydrogen-bond acceptors (Lipinski definition) is 3. The van der Waals surface area contributed by atoms with E-state index in [0.29, 0.717) is 25.0 Å². The molecular weight excluding hydrogens is 276 g/mol. The number of hydrogen-bond donors (Lipinski definition) is 0. The highest BCUT2D eigenvalue weighted by Gasteiger charge is 2.33. The van der Waals surface area contributed by atoms with Gasteiger partial charge in [0.2, 0.25) is 0 Å². The van der Waals surface area contributed by atoms with E-state index in [1.807, 2.05) is 30.4 Å². The van der Waals surface area contributed by atoms with Crippen LogP contribution in [0.3, 0.4) is 0 Å². The zero-order chi connectivity index (χ0) is 15.8. The Kier molecular flexibility index (Phi) is 6.41. The number of benzene rings is 1. The molecule has 3 atom stereocenters. The Hall–Kier alpha value is -1.87.